The van der Waals surface area contributed by atoms with Crippen LogP contribution < -0.4 is 0 Å². The van der Waals surface area contributed by atoms with Crippen LogP contribution in [0.4, 0.5) is 0 Å². The molecule has 4 atom stereocenters. The summed E-state index contributed by atoms with van der Waals surface area (Å²) in [5, 5.41) is 21.2. The van der Waals surface area contributed by atoms with Crippen molar-refractivity contribution in [2.75, 3.05) is 0 Å². The molecule has 1 fully saturated rings. The third-order valence-electron chi connectivity index (χ3n) is 6.70. The molecule has 2 aliphatic carbocycles. The molecule has 0 aliphatic heterocycles. The minimum atomic E-state index is -1.15. The van der Waals surface area contributed by atoms with Crippen molar-refractivity contribution < 1.29 is 19.8 Å². The maximum Gasteiger partial charge on any atom is 0.186 e. The zero-order chi connectivity index (χ0) is 18.4. The molecule has 0 spiro atoms. The zero-order valence-electron chi connectivity index (χ0n) is 15.1. The van der Waals surface area contributed by atoms with Crippen molar-refractivity contribution in [1.82, 2.24) is 0 Å². The second kappa shape index (κ2) is 6.19. The van der Waals surface area contributed by atoms with E-state index in [1.54, 1.807) is 19.1 Å². The van der Waals surface area contributed by atoms with Crippen LogP contribution >= 0.6 is 0 Å². The Bertz CT molecular complexity index is 746. The number of aliphatic hydroxyl groups excluding tert-OH is 1. The third kappa shape index (κ3) is 2.87. The van der Waals surface area contributed by atoms with E-state index in [0.29, 0.717) is 30.4 Å². The molecular weight excluding hydrogens is 316 g/mol. The average Bonchev–Trinajstić information content (AvgIpc) is 2.59. The highest BCUT2D eigenvalue weighted by Crippen LogP contribution is 2.50. The zero-order valence-corrected chi connectivity index (χ0v) is 15.1. The molecule has 3 rings (SSSR count). The summed E-state index contributed by atoms with van der Waals surface area (Å²) in [4.78, 5) is 23.9. The van der Waals surface area contributed by atoms with E-state index in [0.717, 1.165) is 12.0 Å². The molecule has 0 saturated heterocycles. The number of ketones is 2. The first-order chi connectivity index (χ1) is 11.7. The van der Waals surface area contributed by atoms with E-state index in [1.807, 2.05) is 13.0 Å². The summed E-state index contributed by atoms with van der Waals surface area (Å²) in [6, 6.07) is 5.39. The lowest BCUT2D eigenvalue weighted by Crippen LogP contribution is -2.59. The monoisotopic (exact) mass is 342 g/mol. The average molecular weight is 342 g/mol. The van der Waals surface area contributed by atoms with Gasteiger partial charge in [-0.2, -0.15) is 0 Å². The van der Waals surface area contributed by atoms with Gasteiger partial charge in [-0.3, -0.25) is 9.59 Å². The van der Waals surface area contributed by atoms with Gasteiger partial charge in [0.2, 0.25) is 0 Å². The number of hydrogen-bond donors (Lipinski definition) is 2. The molecule has 4 nitrogen and oxygen atoms in total. The molecule has 1 aromatic rings. The van der Waals surface area contributed by atoms with Crippen LogP contribution in [-0.4, -0.2) is 33.5 Å². The SMILES string of the molecule is CC1CCC(O)C(C)(O)C1(C)CCc1ccc2c(c1)C(=O)C=CC2=O. The van der Waals surface area contributed by atoms with E-state index in [2.05, 4.69) is 6.92 Å². The van der Waals surface area contributed by atoms with Gasteiger partial charge in [-0.25, -0.2) is 0 Å². The van der Waals surface area contributed by atoms with Gasteiger partial charge in [0.1, 0.15) is 0 Å². The van der Waals surface area contributed by atoms with Gasteiger partial charge in [0.25, 0.3) is 0 Å². The molecule has 2 aliphatic rings. The Morgan fingerprint density at radius 3 is 2.40 bits per heavy atom. The summed E-state index contributed by atoms with van der Waals surface area (Å²) < 4.78 is 0. The molecule has 0 radical (unpaired) electrons. The van der Waals surface area contributed by atoms with Crippen LogP contribution in [0.15, 0.2) is 30.4 Å². The fraction of sp³-hybridized carbons (Fsp3) is 0.524. The predicted molar refractivity (Wildman–Crippen MR) is 95.7 cm³/mol. The molecule has 1 aromatic carbocycles. The first-order valence-electron chi connectivity index (χ1n) is 8.97. The first-order valence-corrected chi connectivity index (χ1v) is 8.97. The Hall–Kier alpha value is -1.78. The highest BCUT2D eigenvalue weighted by molar-refractivity contribution is 6.22. The molecule has 1 saturated carbocycles. The van der Waals surface area contributed by atoms with Crippen LogP contribution in [0.1, 0.15) is 66.3 Å². The molecule has 2 N–H and O–H groups in total. The summed E-state index contributed by atoms with van der Waals surface area (Å²) in [6.45, 7) is 5.89. The van der Waals surface area contributed by atoms with E-state index < -0.39 is 17.1 Å². The minimum Gasteiger partial charge on any atom is -0.390 e. The predicted octanol–water partition coefficient (Wildman–Crippen LogP) is 3.10. The number of carbonyl (C=O) groups excluding carboxylic acids is 2. The fourth-order valence-electron chi connectivity index (χ4n) is 4.29. The lowest BCUT2D eigenvalue weighted by Gasteiger charge is -2.53. The molecule has 4 unspecified atom stereocenters. The smallest absolute Gasteiger partial charge is 0.186 e. The minimum absolute atomic E-state index is 0.139. The maximum absolute atomic E-state index is 12.0. The maximum atomic E-state index is 12.0. The van der Waals surface area contributed by atoms with Gasteiger partial charge in [-0.15, -0.1) is 0 Å². The van der Waals surface area contributed by atoms with Gasteiger partial charge in [0.05, 0.1) is 11.7 Å². The van der Waals surface area contributed by atoms with Crippen LogP contribution in [0.2, 0.25) is 0 Å². The number of aliphatic hydroxyl groups is 2. The molecule has 0 heterocycles. The number of rotatable bonds is 3. The van der Waals surface area contributed by atoms with Gasteiger partial charge in [0.15, 0.2) is 11.6 Å². The Morgan fingerprint density at radius 2 is 1.72 bits per heavy atom. The lowest BCUT2D eigenvalue weighted by molar-refractivity contribution is -0.189. The van der Waals surface area contributed by atoms with Crippen LogP contribution in [0.3, 0.4) is 0 Å². The Kier molecular flexibility index (Phi) is 4.46. The van der Waals surface area contributed by atoms with Crippen molar-refractivity contribution in [2.24, 2.45) is 11.3 Å². The van der Waals surface area contributed by atoms with Crippen LogP contribution in [0, 0.1) is 11.3 Å². The number of allylic oxidation sites excluding steroid dienone is 2. The summed E-state index contributed by atoms with van der Waals surface area (Å²) in [5.74, 6) is 0.00542. The van der Waals surface area contributed by atoms with Crippen molar-refractivity contribution in [2.45, 2.75) is 58.2 Å². The van der Waals surface area contributed by atoms with Gasteiger partial charge in [0, 0.05) is 16.5 Å². The molecule has 134 valence electrons. The molecule has 4 heteroatoms. The number of benzene rings is 1. The van der Waals surface area contributed by atoms with Gasteiger partial charge >= 0.3 is 0 Å². The largest absolute Gasteiger partial charge is 0.390 e. The second-order valence-electron chi connectivity index (χ2n) is 8.00. The molecule has 0 bridgehead atoms. The van der Waals surface area contributed by atoms with Crippen LogP contribution in [0.25, 0.3) is 0 Å². The number of fused-ring (bicyclic) bond motifs is 1. The van der Waals surface area contributed by atoms with Gasteiger partial charge < -0.3 is 10.2 Å². The van der Waals surface area contributed by atoms with Gasteiger partial charge in [-0.1, -0.05) is 26.0 Å². The Labute approximate surface area is 148 Å². The first kappa shape index (κ1) is 18.0. The van der Waals surface area contributed by atoms with Gasteiger partial charge in [-0.05, 0) is 62.3 Å². The third-order valence-corrected chi connectivity index (χ3v) is 6.70. The molecule has 25 heavy (non-hydrogen) atoms. The van der Waals surface area contributed by atoms with Crippen molar-refractivity contribution in [3.05, 3.63) is 47.0 Å². The number of hydrogen-bond acceptors (Lipinski definition) is 4. The molecular formula is C21H26O4. The van der Waals surface area contributed by atoms with Crippen LogP contribution in [-0.2, 0) is 6.42 Å². The summed E-state index contributed by atoms with van der Waals surface area (Å²) in [5.41, 5.74) is 0.322. The fourth-order valence-corrected chi connectivity index (χ4v) is 4.29. The second-order valence-corrected chi connectivity index (χ2v) is 8.00. The molecule has 0 aromatic heterocycles. The molecule has 0 amide bonds. The van der Waals surface area contributed by atoms with E-state index in [1.165, 1.54) is 12.2 Å². The topological polar surface area (TPSA) is 74.6 Å². The normalized spacial score (nSPS) is 34.9. The Morgan fingerprint density at radius 1 is 1.08 bits per heavy atom. The van der Waals surface area contributed by atoms with Crippen molar-refractivity contribution in [3.63, 3.8) is 0 Å². The van der Waals surface area contributed by atoms with E-state index in [9.17, 15) is 19.8 Å². The highest BCUT2D eigenvalue weighted by atomic mass is 16.3. The summed E-state index contributed by atoms with van der Waals surface area (Å²) >= 11 is 0. The van der Waals surface area contributed by atoms with E-state index in [4.69, 9.17) is 0 Å². The van der Waals surface area contributed by atoms with Crippen molar-refractivity contribution >= 4 is 11.6 Å². The highest BCUT2D eigenvalue weighted by Gasteiger charge is 2.53. The van der Waals surface area contributed by atoms with E-state index >= 15 is 0 Å². The van der Waals surface area contributed by atoms with Crippen LogP contribution in [0.5, 0.6) is 0 Å². The van der Waals surface area contributed by atoms with Crippen molar-refractivity contribution in [1.29, 1.82) is 0 Å². The Balaban J connectivity index is 1.83. The summed E-state index contributed by atoms with van der Waals surface area (Å²) in [7, 11) is 0. The number of carbonyl (C=O) groups is 2. The quantitative estimate of drug-likeness (QED) is 0.885. The summed E-state index contributed by atoms with van der Waals surface area (Å²) in [6.07, 6.45) is 4.80. The standard InChI is InChI=1S/C21H26O4/c1-13-4-9-19(24)21(3,25)20(13,2)11-10-14-5-6-15-16(12-14)18(23)8-7-17(15)22/h5-8,12-13,19,24-25H,4,9-11H2,1-3H3. The van der Waals surface area contributed by atoms with E-state index in [-0.39, 0.29) is 17.5 Å². The lowest BCUT2D eigenvalue weighted by atomic mass is 9.56. The number of aryl methyl sites for hydroxylation is 1. The van der Waals surface area contributed by atoms with Crippen molar-refractivity contribution in [3.8, 4) is 0 Å².